The standard InChI is InChI=1S/C18H18N2O/c1-2-5-15-13(4-1)10-19-11-14(15)12-20-17-6-3-7-18-16(17)8-9-21-18/h1-2,4-5,8-11,17,20H,3,6-7,12H2. The van der Waals surface area contributed by atoms with Gasteiger partial charge in [-0.1, -0.05) is 24.3 Å². The van der Waals surface area contributed by atoms with Gasteiger partial charge in [-0.3, -0.25) is 4.98 Å². The molecular formula is C18H18N2O. The first-order valence-electron chi connectivity index (χ1n) is 7.53. The van der Waals surface area contributed by atoms with Crippen molar-refractivity contribution in [2.24, 2.45) is 0 Å². The number of benzene rings is 1. The summed E-state index contributed by atoms with van der Waals surface area (Å²) in [6, 6.07) is 10.9. The second-order valence-electron chi connectivity index (χ2n) is 5.64. The Morgan fingerprint density at radius 3 is 3.14 bits per heavy atom. The normalized spacial score (nSPS) is 17.8. The van der Waals surface area contributed by atoms with Gasteiger partial charge in [0, 0.05) is 42.4 Å². The topological polar surface area (TPSA) is 38.1 Å². The summed E-state index contributed by atoms with van der Waals surface area (Å²) in [6.45, 7) is 0.837. The molecule has 0 bridgehead atoms. The number of fused-ring (bicyclic) bond motifs is 2. The zero-order chi connectivity index (χ0) is 14.1. The third-order valence-electron chi connectivity index (χ3n) is 4.34. The number of pyridine rings is 1. The van der Waals surface area contributed by atoms with Crippen molar-refractivity contribution in [3.05, 3.63) is 65.9 Å². The lowest BCUT2D eigenvalue weighted by Crippen LogP contribution is -2.24. The summed E-state index contributed by atoms with van der Waals surface area (Å²) in [7, 11) is 0. The van der Waals surface area contributed by atoms with Gasteiger partial charge >= 0.3 is 0 Å². The Labute approximate surface area is 124 Å². The van der Waals surface area contributed by atoms with Gasteiger partial charge in [-0.05, 0) is 29.9 Å². The van der Waals surface area contributed by atoms with E-state index >= 15 is 0 Å². The minimum atomic E-state index is 0.395. The van der Waals surface area contributed by atoms with Gasteiger partial charge in [-0.2, -0.15) is 0 Å². The van der Waals surface area contributed by atoms with Crippen molar-refractivity contribution in [2.45, 2.75) is 31.8 Å². The average molecular weight is 278 g/mol. The van der Waals surface area contributed by atoms with E-state index in [1.54, 1.807) is 0 Å². The van der Waals surface area contributed by atoms with Crippen LogP contribution in [0.15, 0.2) is 53.4 Å². The summed E-state index contributed by atoms with van der Waals surface area (Å²) in [5.74, 6) is 1.15. The Morgan fingerprint density at radius 1 is 1.19 bits per heavy atom. The highest BCUT2D eigenvalue weighted by Gasteiger charge is 2.22. The van der Waals surface area contributed by atoms with Crippen LogP contribution in [0.25, 0.3) is 10.8 Å². The molecule has 1 unspecified atom stereocenters. The molecule has 0 aliphatic heterocycles. The number of nitrogens with zero attached hydrogens (tertiary/aromatic N) is 1. The molecule has 0 amide bonds. The smallest absolute Gasteiger partial charge is 0.108 e. The molecule has 2 heterocycles. The van der Waals surface area contributed by atoms with Gasteiger partial charge in [0.05, 0.1) is 6.26 Å². The quantitative estimate of drug-likeness (QED) is 0.787. The highest BCUT2D eigenvalue weighted by atomic mass is 16.3. The van der Waals surface area contributed by atoms with Crippen LogP contribution in [0.4, 0.5) is 0 Å². The van der Waals surface area contributed by atoms with Crippen molar-refractivity contribution in [3.8, 4) is 0 Å². The maximum absolute atomic E-state index is 5.56. The van der Waals surface area contributed by atoms with Crippen LogP contribution in [0.3, 0.4) is 0 Å². The van der Waals surface area contributed by atoms with Crippen LogP contribution in [0.5, 0.6) is 0 Å². The minimum absolute atomic E-state index is 0.395. The molecule has 3 aromatic rings. The van der Waals surface area contributed by atoms with Crippen molar-refractivity contribution in [1.82, 2.24) is 10.3 Å². The molecule has 0 fully saturated rings. The number of rotatable bonds is 3. The molecule has 3 nitrogen and oxygen atoms in total. The number of hydrogen-bond donors (Lipinski definition) is 1. The number of furan rings is 1. The van der Waals surface area contributed by atoms with Gasteiger partial charge in [0.15, 0.2) is 0 Å². The van der Waals surface area contributed by atoms with Crippen molar-refractivity contribution < 1.29 is 4.42 Å². The van der Waals surface area contributed by atoms with Crippen LogP contribution in [-0.4, -0.2) is 4.98 Å². The zero-order valence-corrected chi connectivity index (χ0v) is 11.9. The second kappa shape index (κ2) is 5.34. The van der Waals surface area contributed by atoms with E-state index in [9.17, 15) is 0 Å². The molecule has 1 N–H and O–H groups in total. The van der Waals surface area contributed by atoms with E-state index in [0.29, 0.717) is 6.04 Å². The van der Waals surface area contributed by atoms with E-state index in [-0.39, 0.29) is 0 Å². The molecular weight excluding hydrogens is 260 g/mol. The molecule has 1 atom stereocenters. The van der Waals surface area contributed by atoms with E-state index in [0.717, 1.165) is 18.7 Å². The second-order valence-corrected chi connectivity index (χ2v) is 5.64. The Balaban J connectivity index is 1.57. The first kappa shape index (κ1) is 12.6. The van der Waals surface area contributed by atoms with Gasteiger partial charge in [0.2, 0.25) is 0 Å². The number of nitrogens with one attached hydrogen (secondary N) is 1. The van der Waals surface area contributed by atoms with E-state index in [1.807, 2.05) is 18.7 Å². The minimum Gasteiger partial charge on any atom is -0.469 e. The summed E-state index contributed by atoms with van der Waals surface area (Å²) >= 11 is 0. The number of aryl methyl sites for hydroxylation is 1. The summed E-state index contributed by atoms with van der Waals surface area (Å²) in [4.78, 5) is 4.35. The fourth-order valence-corrected chi connectivity index (χ4v) is 3.25. The van der Waals surface area contributed by atoms with E-state index in [2.05, 4.69) is 40.6 Å². The van der Waals surface area contributed by atoms with Gasteiger partial charge in [-0.25, -0.2) is 0 Å². The van der Waals surface area contributed by atoms with Gasteiger partial charge in [-0.15, -0.1) is 0 Å². The lowest BCUT2D eigenvalue weighted by atomic mass is 9.93. The molecule has 2 aromatic heterocycles. The van der Waals surface area contributed by atoms with Crippen LogP contribution in [0, 0.1) is 0 Å². The highest BCUT2D eigenvalue weighted by molar-refractivity contribution is 5.84. The molecule has 0 spiro atoms. The lowest BCUT2D eigenvalue weighted by molar-refractivity contribution is 0.411. The SMILES string of the molecule is c1ccc2c(CNC3CCCc4occc43)cncc2c1. The zero-order valence-electron chi connectivity index (χ0n) is 11.9. The van der Waals surface area contributed by atoms with Crippen molar-refractivity contribution >= 4 is 10.8 Å². The molecule has 21 heavy (non-hydrogen) atoms. The van der Waals surface area contributed by atoms with Crippen LogP contribution in [-0.2, 0) is 13.0 Å². The maximum atomic E-state index is 5.56. The predicted molar refractivity (Wildman–Crippen MR) is 83.0 cm³/mol. The molecule has 3 heteroatoms. The van der Waals surface area contributed by atoms with E-state index < -0.39 is 0 Å². The third kappa shape index (κ3) is 2.34. The molecule has 4 rings (SSSR count). The molecule has 0 saturated heterocycles. The van der Waals surface area contributed by atoms with Crippen LogP contribution in [0.2, 0.25) is 0 Å². The summed E-state index contributed by atoms with van der Waals surface area (Å²) < 4.78 is 5.56. The van der Waals surface area contributed by atoms with Crippen molar-refractivity contribution in [1.29, 1.82) is 0 Å². The molecule has 1 aliphatic rings. The number of aromatic nitrogens is 1. The Bertz CT molecular complexity index is 757. The van der Waals surface area contributed by atoms with Crippen LogP contribution < -0.4 is 5.32 Å². The molecule has 1 aliphatic carbocycles. The fraction of sp³-hybridized carbons (Fsp3) is 0.278. The molecule has 106 valence electrons. The molecule has 0 saturated carbocycles. The first-order chi connectivity index (χ1) is 10.4. The largest absolute Gasteiger partial charge is 0.469 e. The first-order valence-corrected chi connectivity index (χ1v) is 7.53. The van der Waals surface area contributed by atoms with Gasteiger partial charge < -0.3 is 9.73 Å². The van der Waals surface area contributed by atoms with Crippen molar-refractivity contribution in [3.63, 3.8) is 0 Å². The summed E-state index contributed by atoms with van der Waals surface area (Å²) in [5, 5.41) is 6.15. The summed E-state index contributed by atoms with van der Waals surface area (Å²) in [6.07, 6.45) is 9.12. The molecule has 0 radical (unpaired) electrons. The fourth-order valence-electron chi connectivity index (χ4n) is 3.25. The van der Waals surface area contributed by atoms with Crippen molar-refractivity contribution in [2.75, 3.05) is 0 Å². The maximum Gasteiger partial charge on any atom is 0.108 e. The van der Waals surface area contributed by atoms with Crippen LogP contribution >= 0.6 is 0 Å². The monoisotopic (exact) mass is 278 g/mol. The van der Waals surface area contributed by atoms with E-state index in [4.69, 9.17) is 4.42 Å². The number of hydrogen-bond acceptors (Lipinski definition) is 3. The Hall–Kier alpha value is -2.13. The molecule has 1 aromatic carbocycles. The highest BCUT2D eigenvalue weighted by Crippen LogP contribution is 2.30. The third-order valence-corrected chi connectivity index (χ3v) is 4.34. The van der Waals surface area contributed by atoms with Gasteiger partial charge in [0.1, 0.15) is 5.76 Å². The van der Waals surface area contributed by atoms with Gasteiger partial charge in [0.25, 0.3) is 0 Å². The summed E-state index contributed by atoms with van der Waals surface area (Å²) in [5.41, 5.74) is 2.58. The van der Waals surface area contributed by atoms with E-state index in [1.165, 1.54) is 34.7 Å². The Kier molecular flexibility index (Phi) is 3.20. The van der Waals surface area contributed by atoms with Crippen LogP contribution in [0.1, 0.15) is 35.8 Å². The lowest BCUT2D eigenvalue weighted by Gasteiger charge is -2.23. The Morgan fingerprint density at radius 2 is 2.14 bits per heavy atom. The predicted octanol–water partition coefficient (Wildman–Crippen LogP) is 4.00. The average Bonchev–Trinajstić information content (AvgIpc) is 3.02.